The van der Waals surface area contributed by atoms with E-state index < -0.39 is 0 Å². The third-order valence-electron chi connectivity index (χ3n) is 8.83. The van der Waals surface area contributed by atoms with Crippen LogP contribution >= 0.6 is 0 Å². The van der Waals surface area contributed by atoms with Crippen LogP contribution in [-0.2, 0) is 17.8 Å². The molecule has 3 aliphatic rings. The van der Waals surface area contributed by atoms with Gasteiger partial charge in [-0.1, -0.05) is 62.6 Å². The molecule has 0 bridgehead atoms. The minimum Gasteiger partial charge on any atom is -0.396 e. The first kappa shape index (κ1) is 20.5. The molecule has 168 valence electrons. The summed E-state index contributed by atoms with van der Waals surface area (Å²) in [6, 6.07) is 17.7. The molecule has 1 aromatic heterocycles. The molecule has 6 rings (SSSR count). The Balaban J connectivity index is 1.55. The molecule has 2 heterocycles. The zero-order valence-electron chi connectivity index (χ0n) is 19.2. The molecule has 1 fully saturated rings. The molecule has 3 aromatic rings. The third-order valence-corrected chi connectivity index (χ3v) is 8.83. The number of para-hydroxylation sites is 2. The second kappa shape index (κ2) is 8.35. The molecule has 2 aliphatic carbocycles. The normalized spacial score (nSPS) is 30.1. The number of nitrogens with zero attached hydrogens (tertiary/aromatic N) is 1. The van der Waals surface area contributed by atoms with Crippen LogP contribution in [0.5, 0.6) is 0 Å². The fourth-order valence-corrected chi connectivity index (χ4v) is 7.16. The molecule has 5 atom stereocenters. The Hall–Kier alpha value is -2.10. The van der Waals surface area contributed by atoms with Gasteiger partial charge < -0.3 is 14.4 Å². The minimum atomic E-state index is 0.0785. The fraction of sp³-hybridized carbons (Fsp3) is 0.517. The van der Waals surface area contributed by atoms with Crippen LogP contribution in [0.25, 0.3) is 16.6 Å². The highest BCUT2D eigenvalue weighted by atomic mass is 16.5. The standard InChI is InChI=1S/C29H35NO2/c1-19-14-15-20-8-2-4-11-23-22-10-5-7-13-27(22)30-26-12-6-3-9-21(26)18-32-28(29(23)30)16-24(20)25(19)17-31/h3,5-7,9-10,12-13,19-20,24-25,28,31H,2,4,8,11,14-18H2,1H3/t19-,20+,24+,25-,28-/m0/s1. The molecule has 2 aromatic carbocycles. The van der Waals surface area contributed by atoms with Crippen LogP contribution in [0.2, 0.25) is 0 Å². The maximum atomic E-state index is 10.4. The highest BCUT2D eigenvalue weighted by molar-refractivity contribution is 5.88. The predicted molar refractivity (Wildman–Crippen MR) is 129 cm³/mol. The number of fused-ring (bicyclic) bond motifs is 6. The van der Waals surface area contributed by atoms with Gasteiger partial charge in [-0.15, -0.1) is 0 Å². The van der Waals surface area contributed by atoms with Crippen LogP contribution in [0.1, 0.15) is 68.4 Å². The van der Waals surface area contributed by atoms with E-state index in [1.165, 1.54) is 65.5 Å². The lowest BCUT2D eigenvalue weighted by Crippen LogP contribution is -2.37. The lowest BCUT2D eigenvalue weighted by atomic mass is 9.64. The molecule has 3 heteroatoms. The molecule has 1 aliphatic heterocycles. The first-order valence-corrected chi connectivity index (χ1v) is 12.7. The summed E-state index contributed by atoms with van der Waals surface area (Å²) in [5.74, 6) is 2.24. The molecule has 0 amide bonds. The summed E-state index contributed by atoms with van der Waals surface area (Å²) in [6.45, 7) is 3.32. The average Bonchev–Trinajstić information content (AvgIpc) is 3.05. The van der Waals surface area contributed by atoms with E-state index in [2.05, 4.69) is 60.0 Å². The fourth-order valence-electron chi connectivity index (χ4n) is 7.16. The molecular weight excluding hydrogens is 394 g/mol. The molecule has 0 radical (unpaired) electrons. The minimum absolute atomic E-state index is 0.0785. The Morgan fingerprint density at radius 2 is 1.84 bits per heavy atom. The van der Waals surface area contributed by atoms with Gasteiger partial charge in [-0.3, -0.25) is 0 Å². The van der Waals surface area contributed by atoms with Crippen molar-refractivity contribution in [2.75, 3.05) is 6.61 Å². The number of rotatable bonds is 1. The number of hydrogen-bond donors (Lipinski definition) is 1. The number of aryl methyl sites for hydroxylation is 1. The third kappa shape index (κ3) is 3.24. The van der Waals surface area contributed by atoms with E-state index in [1.807, 2.05) is 0 Å². The summed E-state index contributed by atoms with van der Waals surface area (Å²) in [7, 11) is 0. The highest BCUT2D eigenvalue weighted by Gasteiger charge is 2.40. The Labute approximate surface area is 191 Å². The number of aromatic nitrogens is 1. The number of ether oxygens (including phenoxy) is 1. The van der Waals surface area contributed by atoms with Crippen LogP contribution < -0.4 is 0 Å². The lowest BCUT2D eigenvalue weighted by Gasteiger charge is -2.43. The van der Waals surface area contributed by atoms with Gasteiger partial charge in [0.15, 0.2) is 0 Å². The summed E-state index contributed by atoms with van der Waals surface area (Å²) < 4.78 is 9.30. The van der Waals surface area contributed by atoms with Gasteiger partial charge in [0.1, 0.15) is 0 Å². The Morgan fingerprint density at radius 1 is 1.00 bits per heavy atom. The van der Waals surface area contributed by atoms with Crippen molar-refractivity contribution in [2.45, 2.75) is 64.6 Å². The summed E-state index contributed by atoms with van der Waals surface area (Å²) in [4.78, 5) is 0. The molecule has 0 spiro atoms. The largest absolute Gasteiger partial charge is 0.396 e. The smallest absolute Gasteiger partial charge is 0.0988 e. The summed E-state index contributed by atoms with van der Waals surface area (Å²) in [5, 5.41) is 11.8. The van der Waals surface area contributed by atoms with Gasteiger partial charge in [-0.2, -0.15) is 0 Å². The summed E-state index contributed by atoms with van der Waals surface area (Å²) in [6.07, 6.45) is 8.62. The molecular formula is C29H35NO2. The molecule has 1 N–H and O–H groups in total. The van der Waals surface area contributed by atoms with Gasteiger partial charge in [0.2, 0.25) is 0 Å². The molecule has 0 unspecified atom stereocenters. The Bertz CT molecular complexity index is 1120. The van der Waals surface area contributed by atoms with Gasteiger partial charge in [0, 0.05) is 17.6 Å². The van der Waals surface area contributed by atoms with Crippen molar-refractivity contribution in [3.63, 3.8) is 0 Å². The molecule has 1 saturated carbocycles. The van der Waals surface area contributed by atoms with Crippen LogP contribution in [0.15, 0.2) is 48.5 Å². The van der Waals surface area contributed by atoms with Crippen molar-refractivity contribution in [1.29, 1.82) is 0 Å². The first-order valence-electron chi connectivity index (χ1n) is 12.7. The maximum Gasteiger partial charge on any atom is 0.0988 e. The number of aliphatic hydroxyl groups excluding tert-OH is 1. The van der Waals surface area contributed by atoms with Gasteiger partial charge in [-0.05, 0) is 67.1 Å². The summed E-state index contributed by atoms with van der Waals surface area (Å²) >= 11 is 0. The van der Waals surface area contributed by atoms with Crippen LogP contribution in [-0.4, -0.2) is 16.3 Å². The van der Waals surface area contributed by atoms with E-state index in [9.17, 15) is 5.11 Å². The molecule has 0 saturated heterocycles. The van der Waals surface area contributed by atoms with E-state index in [0.717, 1.165) is 18.8 Å². The van der Waals surface area contributed by atoms with Gasteiger partial charge >= 0.3 is 0 Å². The van der Waals surface area contributed by atoms with Crippen molar-refractivity contribution >= 4 is 10.9 Å². The van der Waals surface area contributed by atoms with Gasteiger partial charge in [-0.25, -0.2) is 0 Å². The van der Waals surface area contributed by atoms with Gasteiger partial charge in [0.05, 0.1) is 29.6 Å². The van der Waals surface area contributed by atoms with Crippen LogP contribution in [0.3, 0.4) is 0 Å². The molecule has 3 nitrogen and oxygen atoms in total. The van der Waals surface area contributed by atoms with Gasteiger partial charge in [0.25, 0.3) is 0 Å². The van der Waals surface area contributed by atoms with Crippen LogP contribution in [0, 0.1) is 23.7 Å². The zero-order valence-corrected chi connectivity index (χ0v) is 19.2. The first-order chi connectivity index (χ1) is 15.8. The topological polar surface area (TPSA) is 34.4 Å². The zero-order chi connectivity index (χ0) is 21.7. The Morgan fingerprint density at radius 3 is 2.75 bits per heavy atom. The Kier molecular flexibility index (Phi) is 5.35. The van der Waals surface area contributed by atoms with E-state index in [0.29, 0.717) is 31.0 Å². The van der Waals surface area contributed by atoms with Crippen molar-refractivity contribution in [2.24, 2.45) is 23.7 Å². The van der Waals surface area contributed by atoms with E-state index in [-0.39, 0.29) is 6.10 Å². The second-order valence-corrected chi connectivity index (χ2v) is 10.5. The molecule has 32 heavy (non-hydrogen) atoms. The second-order valence-electron chi connectivity index (χ2n) is 10.5. The summed E-state index contributed by atoms with van der Waals surface area (Å²) in [5.41, 5.74) is 6.73. The quantitative estimate of drug-likeness (QED) is 0.473. The number of benzene rings is 2. The van der Waals surface area contributed by atoms with Crippen molar-refractivity contribution < 1.29 is 9.84 Å². The van der Waals surface area contributed by atoms with E-state index in [4.69, 9.17) is 4.74 Å². The van der Waals surface area contributed by atoms with E-state index >= 15 is 0 Å². The lowest BCUT2D eigenvalue weighted by molar-refractivity contribution is -0.0273. The maximum absolute atomic E-state index is 10.4. The van der Waals surface area contributed by atoms with Crippen LogP contribution in [0.4, 0.5) is 0 Å². The predicted octanol–water partition coefficient (Wildman–Crippen LogP) is 6.59. The monoisotopic (exact) mass is 429 g/mol. The SMILES string of the molecule is C[C@H]1CC[C@H]2CCCCc3c4n(c5ccccc35)-c3ccccc3CO[C@H]4C[C@H]2[C@H]1CO. The van der Waals surface area contributed by atoms with Crippen molar-refractivity contribution in [3.8, 4) is 5.69 Å². The average molecular weight is 430 g/mol. The van der Waals surface area contributed by atoms with E-state index in [1.54, 1.807) is 0 Å². The van der Waals surface area contributed by atoms with Crippen molar-refractivity contribution in [3.05, 3.63) is 65.4 Å². The number of aliphatic hydroxyl groups is 1. The van der Waals surface area contributed by atoms with Crippen molar-refractivity contribution in [1.82, 2.24) is 4.57 Å². The highest BCUT2D eigenvalue weighted by Crippen LogP contribution is 2.49. The number of hydrogen-bond acceptors (Lipinski definition) is 2.